The quantitative estimate of drug-likeness (QED) is 0.641. The molecule has 0 saturated heterocycles. The Morgan fingerprint density at radius 3 is 2.50 bits per heavy atom. The molecule has 1 fully saturated rings. The SMILES string of the molecule is O=C(NC1CCCCC1)c1cnn2ccc(NS(=O)(=O)c3cc(F)cc(F)c3)nc12. The Morgan fingerprint density at radius 2 is 1.80 bits per heavy atom. The first kappa shape index (κ1) is 20.2. The largest absolute Gasteiger partial charge is 0.349 e. The second-order valence-corrected chi connectivity index (χ2v) is 8.84. The summed E-state index contributed by atoms with van der Waals surface area (Å²) in [7, 11) is -4.29. The number of anilines is 1. The zero-order chi connectivity index (χ0) is 21.3. The Labute approximate surface area is 171 Å². The Kier molecular flexibility index (Phi) is 5.37. The lowest BCUT2D eigenvalue weighted by atomic mass is 9.95. The van der Waals surface area contributed by atoms with Gasteiger partial charge in [-0.3, -0.25) is 9.52 Å². The molecule has 11 heteroatoms. The molecule has 0 unspecified atom stereocenters. The number of halogens is 2. The number of carbonyl (C=O) groups is 1. The number of benzene rings is 1. The summed E-state index contributed by atoms with van der Waals surface area (Å²) in [6, 6.07) is 3.39. The number of rotatable bonds is 5. The molecule has 1 amide bonds. The van der Waals surface area contributed by atoms with E-state index in [9.17, 15) is 22.0 Å². The van der Waals surface area contributed by atoms with Crippen LogP contribution in [0.3, 0.4) is 0 Å². The highest BCUT2D eigenvalue weighted by Gasteiger charge is 2.22. The third kappa shape index (κ3) is 4.25. The molecule has 1 aliphatic rings. The number of nitrogens with zero attached hydrogens (tertiary/aromatic N) is 3. The van der Waals surface area contributed by atoms with Crippen LogP contribution in [-0.4, -0.2) is 35.0 Å². The van der Waals surface area contributed by atoms with Crippen molar-refractivity contribution >= 4 is 27.4 Å². The molecule has 0 radical (unpaired) electrons. The summed E-state index contributed by atoms with van der Waals surface area (Å²) in [5.74, 6) is -2.48. The number of sulfonamides is 1. The number of aromatic nitrogens is 3. The van der Waals surface area contributed by atoms with Crippen molar-refractivity contribution < 1.29 is 22.0 Å². The lowest BCUT2D eigenvalue weighted by Crippen LogP contribution is -2.36. The smallest absolute Gasteiger partial charge is 0.263 e. The van der Waals surface area contributed by atoms with E-state index in [0.717, 1.165) is 32.1 Å². The predicted molar refractivity (Wildman–Crippen MR) is 104 cm³/mol. The van der Waals surface area contributed by atoms with Crippen LogP contribution >= 0.6 is 0 Å². The lowest BCUT2D eigenvalue weighted by Gasteiger charge is -2.22. The van der Waals surface area contributed by atoms with E-state index in [1.54, 1.807) is 0 Å². The molecule has 4 rings (SSSR count). The van der Waals surface area contributed by atoms with Crippen molar-refractivity contribution in [3.8, 4) is 0 Å². The molecule has 2 aromatic heterocycles. The van der Waals surface area contributed by atoms with Crippen LogP contribution in [0.1, 0.15) is 42.5 Å². The van der Waals surface area contributed by atoms with E-state index in [4.69, 9.17) is 0 Å². The molecule has 1 aliphatic carbocycles. The molecule has 1 aromatic carbocycles. The van der Waals surface area contributed by atoms with Crippen LogP contribution < -0.4 is 10.0 Å². The number of hydrogen-bond acceptors (Lipinski definition) is 5. The molecular weight excluding hydrogens is 416 g/mol. The number of amides is 1. The summed E-state index contributed by atoms with van der Waals surface area (Å²) in [4.78, 5) is 16.2. The van der Waals surface area contributed by atoms with Gasteiger partial charge in [0.2, 0.25) is 0 Å². The van der Waals surface area contributed by atoms with Crippen LogP contribution in [0.15, 0.2) is 41.6 Å². The van der Waals surface area contributed by atoms with E-state index in [2.05, 4.69) is 20.1 Å². The molecule has 30 heavy (non-hydrogen) atoms. The maximum atomic E-state index is 13.4. The molecule has 1 saturated carbocycles. The summed E-state index contributed by atoms with van der Waals surface area (Å²) in [6.45, 7) is 0. The molecule has 0 spiro atoms. The zero-order valence-electron chi connectivity index (χ0n) is 15.8. The van der Waals surface area contributed by atoms with Crippen molar-refractivity contribution in [2.24, 2.45) is 0 Å². The minimum Gasteiger partial charge on any atom is -0.349 e. The third-order valence-corrected chi connectivity index (χ3v) is 6.27. The number of nitrogens with one attached hydrogen (secondary N) is 2. The summed E-state index contributed by atoms with van der Waals surface area (Å²) < 4.78 is 55.3. The fourth-order valence-electron chi connectivity index (χ4n) is 3.48. The first-order chi connectivity index (χ1) is 14.3. The van der Waals surface area contributed by atoms with Crippen molar-refractivity contribution in [2.45, 2.75) is 43.0 Å². The van der Waals surface area contributed by atoms with Gasteiger partial charge in [0, 0.05) is 18.3 Å². The number of fused-ring (bicyclic) bond motifs is 1. The first-order valence-corrected chi connectivity index (χ1v) is 10.9. The first-order valence-electron chi connectivity index (χ1n) is 9.46. The average Bonchev–Trinajstić information content (AvgIpc) is 3.11. The molecule has 0 bridgehead atoms. The Balaban J connectivity index is 1.60. The van der Waals surface area contributed by atoms with Crippen LogP contribution in [0.25, 0.3) is 5.65 Å². The summed E-state index contributed by atoms with van der Waals surface area (Å²) >= 11 is 0. The maximum absolute atomic E-state index is 13.4. The van der Waals surface area contributed by atoms with E-state index >= 15 is 0 Å². The van der Waals surface area contributed by atoms with E-state index in [0.29, 0.717) is 18.2 Å². The molecule has 2 heterocycles. The standard InChI is InChI=1S/C19H19F2N5O3S/c20-12-8-13(21)10-15(9-12)30(28,29)25-17-6-7-26-18(24-17)16(11-22-26)19(27)23-14-4-2-1-3-5-14/h6-11,14H,1-5H2,(H,23,27)(H,24,25). The van der Waals surface area contributed by atoms with Crippen molar-refractivity contribution in [1.82, 2.24) is 19.9 Å². The van der Waals surface area contributed by atoms with Gasteiger partial charge in [-0.25, -0.2) is 26.7 Å². The fourth-order valence-corrected chi connectivity index (χ4v) is 4.52. The molecule has 2 N–H and O–H groups in total. The summed E-state index contributed by atoms with van der Waals surface area (Å²) in [6.07, 6.45) is 7.89. The monoisotopic (exact) mass is 435 g/mol. The van der Waals surface area contributed by atoms with E-state index in [-0.39, 0.29) is 29.0 Å². The highest BCUT2D eigenvalue weighted by molar-refractivity contribution is 7.92. The average molecular weight is 435 g/mol. The molecule has 158 valence electrons. The number of carbonyl (C=O) groups excluding carboxylic acids is 1. The third-order valence-electron chi connectivity index (χ3n) is 4.94. The second kappa shape index (κ2) is 7.98. The normalized spacial score (nSPS) is 15.3. The van der Waals surface area contributed by atoms with Gasteiger partial charge in [0.1, 0.15) is 23.0 Å². The topological polar surface area (TPSA) is 105 Å². The van der Waals surface area contributed by atoms with E-state index in [1.165, 1.54) is 23.0 Å². The van der Waals surface area contributed by atoms with Crippen LogP contribution in [0.4, 0.5) is 14.6 Å². The van der Waals surface area contributed by atoms with Crippen LogP contribution in [0.2, 0.25) is 0 Å². The minimum atomic E-state index is -4.29. The van der Waals surface area contributed by atoms with Crippen molar-refractivity contribution in [3.63, 3.8) is 0 Å². The summed E-state index contributed by atoms with van der Waals surface area (Å²) in [5.41, 5.74) is 0.368. The minimum absolute atomic E-state index is 0.0887. The van der Waals surface area contributed by atoms with Gasteiger partial charge in [0.25, 0.3) is 15.9 Å². The maximum Gasteiger partial charge on any atom is 0.263 e. The number of hydrogen-bond donors (Lipinski definition) is 2. The Hall–Kier alpha value is -3.08. The van der Waals surface area contributed by atoms with Crippen LogP contribution in [0, 0.1) is 11.6 Å². The van der Waals surface area contributed by atoms with E-state index in [1.807, 2.05) is 0 Å². The molecule has 0 aliphatic heterocycles. The Morgan fingerprint density at radius 1 is 1.10 bits per heavy atom. The molecule has 3 aromatic rings. The summed E-state index contributed by atoms with van der Waals surface area (Å²) in [5, 5.41) is 7.03. The Bertz CT molecular complexity index is 1190. The second-order valence-electron chi connectivity index (χ2n) is 7.16. The van der Waals surface area contributed by atoms with Gasteiger partial charge in [-0.15, -0.1) is 0 Å². The van der Waals surface area contributed by atoms with Crippen molar-refractivity contribution in [3.05, 3.63) is 53.9 Å². The van der Waals surface area contributed by atoms with E-state index < -0.39 is 26.6 Å². The van der Waals surface area contributed by atoms with Crippen molar-refractivity contribution in [1.29, 1.82) is 0 Å². The predicted octanol–water partition coefficient (Wildman–Crippen LogP) is 2.87. The van der Waals surface area contributed by atoms with Crippen LogP contribution in [-0.2, 0) is 10.0 Å². The highest BCUT2D eigenvalue weighted by Crippen LogP contribution is 2.20. The van der Waals surface area contributed by atoms with Crippen molar-refractivity contribution in [2.75, 3.05) is 4.72 Å². The fraction of sp³-hybridized carbons (Fsp3) is 0.316. The highest BCUT2D eigenvalue weighted by atomic mass is 32.2. The van der Waals surface area contributed by atoms with Gasteiger partial charge in [0.15, 0.2) is 5.65 Å². The van der Waals surface area contributed by atoms with Gasteiger partial charge < -0.3 is 5.32 Å². The van der Waals surface area contributed by atoms with Gasteiger partial charge in [-0.05, 0) is 31.0 Å². The zero-order valence-corrected chi connectivity index (χ0v) is 16.6. The van der Waals surface area contributed by atoms with Gasteiger partial charge >= 0.3 is 0 Å². The molecule has 8 nitrogen and oxygen atoms in total. The van der Waals surface area contributed by atoms with Gasteiger partial charge in [-0.1, -0.05) is 19.3 Å². The van der Waals surface area contributed by atoms with Crippen LogP contribution in [0.5, 0.6) is 0 Å². The van der Waals surface area contributed by atoms with Gasteiger partial charge in [-0.2, -0.15) is 5.10 Å². The lowest BCUT2D eigenvalue weighted by molar-refractivity contribution is 0.0929. The molecule has 0 atom stereocenters. The molecular formula is C19H19F2N5O3S. The van der Waals surface area contributed by atoms with Gasteiger partial charge in [0.05, 0.1) is 11.1 Å².